The number of hydrogen-bond acceptors (Lipinski definition) is 1. The molecule has 0 spiro atoms. The molecule has 0 radical (unpaired) electrons. The quantitative estimate of drug-likeness (QED) is 0.698. The first-order chi connectivity index (χ1) is 8.77. The maximum atomic E-state index is 2.30. The lowest BCUT2D eigenvalue weighted by atomic mass is 10.0. The number of hydrogen-bond donors (Lipinski definition) is 0. The average molecular weight is 256 g/mol. The summed E-state index contributed by atoms with van der Waals surface area (Å²) in [7, 11) is 0. The van der Waals surface area contributed by atoms with Gasteiger partial charge in [0.15, 0.2) is 0 Å². The van der Waals surface area contributed by atoms with Crippen LogP contribution in [0.5, 0.6) is 0 Å². The molecular weight excluding hydrogens is 236 g/mol. The van der Waals surface area contributed by atoms with Crippen LogP contribution in [0.4, 0.5) is 0 Å². The summed E-state index contributed by atoms with van der Waals surface area (Å²) in [6.07, 6.45) is 0. The lowest BCUT2D eigenvalue weighted by Gasteiger charge is -2.21. The number of thioether (sulfide) groups is 1. The van der Waals surface area contributed by atoms with Crippen molar-refractivity contribution >= 4 is 11.8 Å². The lowest BCUT2D eigenvalue weighted by molar-refractivity contribution is 0.632. The second kappa shape index (κ2) is 6.65. The van der Waals surface area contributed by atoms with E-state index in [9.17, 15) is 0 Å². The molecule has 0 N–H and O–H groups in total. The largest absolute Gasteiger partial charge is 0.149 e. The van der Waals surface area contributed by atoms with Gasteiger partial charge in [-0.15, -0.1) is 11.8 Å². The Morgan fingerprint density at radius 1 is 0.833 bits per heavy atom. The molecule has 0 amide bonds. The van der Waals surface area contributed by atoms with Crippen LogP contribution in [0.3, 0.4) is 0 Å². The first-order valence-corrected chi connectivity index (χ1v) is 7.52. The molecule has 0 aliphatic heterocycles. The average Bonchev–Trinajstić information content (AvgIpc) is 2.41. The van der Waals surface area contributed by atoms with E-state index in [1.807, 2.05) is 11.8 Å². The predicted molar refractivity (Wildman–Crippen MR) is 81.8 cm³/mol. The van der Waals surface area contributed by atoms with Gasteiger partial charge >= 0.3 is 0 Å². The fourth-order valence-corrected chi connectivity index (χ4v) is 3.38. The smallest absolute Gasteiger partial charge is 0.0323 e. The molecule has 0 bridgehead atoms. The van der Waals surface area contributed by atoms with Crippen molar-refractivity contribution in [3.63, 3.8) is 0 Å². The summed E-state index contributed by atoms with van der Waals surface area (Å²) in [5, 5.41) is 0.575. The number of rotatable bonds is 5. The standard InChI is InChI=1S/C17H20S/c1-14(2)17(16-11-7-4-8-12-16)18-13-15-9-5-3-6-10-15/h3-12,14,17H,13H2,1-2H3. The van der Waals surface area contributed by atoms with Crippen molar-refractivity contribution in [1.82, 2.24) is 0 Å². The third-order valence-corrected chi connectivity index (χ3v) is 4.68. The van der Waals surface area contributed by atoms with Gasteiger partial charge in [0, 0.05) is 11.0 Å². The maximum absolute atomic E-state index is 2.30. The van der Waals surface area contributed by atoms with Gasteiger partial charge in [0.05, 0.1) is 0 Å². The minimum atomic E-state index is 0.575. The summed E-state index contributed by atoms with van der Waals surface area (Å²) in [5.41, 5.74) is 2.84. The van der Waals surface area contributed by atoms with Crippen molar-refractivity contribution in [2.24, 2.45) is 5.92 Å². The van der Waals surface area contributed by atoms with Gasteiger partial charge < -0.3 is 0 Å². The molecule has 1 atom stereocenters. The molecular formula is C17H20S. The van der Waals surface area contributed by atoms with Crippen LogP contribution in [-0.4, -0.2) is 0 Å². The molecule has 2 aromatic rings. The fourth-order valence-electron chi connectivity index (χ4n) is 2.08. The normalized spacial score (nSPS) is 12.6. The third-order valence-electron chi connectivity index (χ3n) is 3.01. The topological polar surface area (TPSA) is 0 Å². The fraction of sp³-hybridized carbons (Fsp3) is 0.294. The Morgan fingerprint density at radius 3 is 1.94 bits per heavy atom. The van der Waals surface area contributed by atoms with E-state index < -0.39 is 0 Å². The zero-order valence-corrected chi connectivity index (χ0v) is 11.9. The van der Waals surface area contributed by atoms with Gasteiger partial charge in [0.1, 0.15) is 0 Å². The Bertz CT molecular complexity index is 448. The van der Waals surface area contributed by atoms with Crippen LogP contribution in [0.1, 0.15) is 30.2 Å². The summed E-state index contributed by atoms with van der Waals surface area (Å²) < 4.78 is 0. The van der Waals surface area contributed by atoms with E-state index >= 15 is 0 Å². The molecule has 0 nitrogen and oxygen atoms in total. The summed E-state index contributed by atoms with van der Waals surface area (Å²) in [4.78, 5) is 0. The van der Waals surface area contributed by atoms with E-state index in [-0.39, 0.29) is 0 Å². The summed E-state index contributed by atoms with van der Waals surface area (Å²) in [6, 6.07) is 21.5. The van der Waals surface area contributed by atoms with E-state index in [1.165, 1.54) is 11.1 Å². The molecule has 18 heavy (non-hydrogen) atoms. The lowest BCUT2D eigenvalue weighted by Crippen LogP contribution is -2.03. The van der Waals surface area contributed by atoms with Gasteiger partial charge in [-0.05, 0) is 17.0 Å². The molecule has 0 aliphatic rings. The molecule has 0 saturated heterocycles. The highest BCUT2D eigenvalue weighted by molar-refractivity contribution is 7.98. The van der Waals surface area contributed by atoms with E-state index in [1.54, 1.807) is 0 Å². The molecule has 94 valence electrons. The van der Waals surface area contributed by atoms with Crippen LogP contribution >= 0.6 is 11.8 Å². The van der Waals surface area contributed by atoms with Crippen molar-refractivity contribution in [1.29, 1.82) is 0 Å². The Balaban J connectivity index is 2.04. The molecule has 0 heterocycles. The highest BCUT2D eigenvalue weighted by Gasteiger charge is 2.15. The summed E-state index contributed by atoms with van der Waals surface area (Å²) in [5.74, 6) is 1.74. The molecule has 2 rings (SSSR count). The van der Waals surface area contributed by atoms with Crippen molar-refractivity contribution in [2.45, 2.75) is 24.9 Å². The molecule has 0 aromatic heterocycles. The molecule has 2 aromatic carbocycles. The summed E-state index contributed by atoms with van der Waals surface area (Å²) >= 11 is 2.04. The second-order valence-electron chi connectivity index (χ2n) is 4.87. The molecule has 1 heteroatoms. The van der Waals surface area contributed by atoms with Gasteiger partial charge in [-0.3, -0.25) is 0 Å². The first-order valence-electron chi connectivity index (χ1n) is 6.48. The first kappa shape index (κ1) is 13.2. The zero-order valence-electron chi connectivity index (χ0n) is 11.0. The van der Waals surface area contributed by atoms with Crippen LogP contribution in [0.25, 0.3) is 0 Å². The van der Waals surface area contributed by atoms with Gasteiger partial charge in [-0.2, -0.15) is 0 Å². The van der Waals surface area contributed by atoms with Crippen molar-refractivity contribution in [3.8, 4) is 0 Å². The second-order valence-corrected chi connectivity index (χ2v) is 6.00. The van der Waals surface area contributed by atoms with Gasteiger partial charge in [0.25, 0.3) is 0 Å². The van der Waals surface area contributed by atoms with Gasteiger partial charge in [0.2, 0.25) is 0 Å². The Morgan fingerprint density at radius 2 is 1.39 bits per heavy atom. The van der Waals surface area contributed by atoms with Crippen LogP contribution in [0.2, 0.25) is 0 Å². The third kappa shape index (κ3) is 3.64. The Kier molecular flexibility index (Phi) is 4.89. The Labute approximate surface area is 114 Å². The highest BCUT2D eigenvalue weighted by atomic mass is 32.2. The van der Waals surface area contributed by atoms with Crippen LogP contribution in [-0.2, 0) is 5.75 Å². The van der Waals surface area contributed by atoms with Crippen molar-refractivity contribution in [2.75, 3.05) is 0 Å². The van der Waals surface area contributed by atoms with E-state index in [4.69, 9.17) is 0 Å². The molecule has 0 fully saturated rings. The van der Waals surface area contributed by atoms with Gasteiger partial charge in [-0.25, -0.2) is 0 Å². The minimum absolute atomic E-state index is 0.575. The van der Waals surface area contributed by atoms with Gasteiger partial charge in [-0.1, -0.05) is 74.5 Å². The van der Waals surface area contributed by atoms with E-state index in [0.717, 1.165) is 5.75 Å². The SMILES string of the molecule is CC(C)C(SCc1ccccc1)c1ccccc1. The predicted octanol–water partition coefficient (Wildman–Crippen LogP) is 5.32. The monoisotopic (exact) mass is 256 g/mol. The van der Waals surface area contributed by atoms with Crippen molar-refractivity contribution in [3.05, 3.63) is 71.8 Å². The zero-order chi connectivity index (χ0) is 12.8. The van der Waals surface area contributed by atoms with Crippen LogP contribution in [0, 0.1) is 5.92 Å². The van der Waals surface area contributed by atoms with Crippen LogP contribution in [0.15, 0.2) is 60.7 Å². The summed E-state index contributed by atoms with van der Waals surface area (Å²) in [6.45, 7) is 4.60. The molecule has 0 saturated carbocycles. The highest BCUT2D eigenvalue weighted by Crippen LogP contribution is 2.37. The molecule has 1 unspecified atom stereocenters. The van der Waals surface area contributed by atoms with Crippen molar-refractivity contribution < 1.29 is 0 Å². The molecule has 0 aliphatic carbocycles. The Hall–Kier alpha value is -1.21. The van der Waals surface area contributed by atoms with E-state index in [0.29, 0.717) is 11.2 Å². The maximum Gasteiger partial charge on any atom is 0.0323 e. The minimum Gasteiger partial charge on any atom is -0.149 e. The number of benzene rings is 2. The van der Waals surface area contributed by atoms with Crippen LogP contribution < -0.4 is 0 Å². The van der Waals surface area contributed by atoms with E-state index in [2.05, 4.69) is 74.5 Å².